The van der Waals surface area contributed by atoms with E-state index in [0.717, 1.165) is 51.4 Å². The van der Waals surface area contributed by atoms with Crippen LogP contribution in [0.15, 0.2) is 0 Å². The number of fused-ring (bicyclic) bond motifs is 5. The van der Waals surface area contributed by atoms with E-state index in [9.17, 15) is 14.7 Å². The second-order valence-corrected chi connectivity index (χ2v) is 11.7. The number of hydrogen-bond acceptors (Lipinski definition) is 3. The third-order valence-corrected chi connectivity index (χ3v) is 10.3. The van der Waals surface area contributed by atoms with Crippen LogP contribution in [0.3, 0.4) is 0 Å². The molecule has 0 spiro atoms. The molecule has 4 fully saturated rings. The minimum atomic E-state index is -0.687. The lowest BCUT2D eigenvalue weighted by atomic mass is 9.42. The normalized spacial score (nSPS) is 45.5. The van der Waals surface area contributed by atoms with Crippen molar-refractivity contribution in [3.8, 4) is 0 Å². The molecular weight excluding hydrogens is 376 g/mol. The zero-order chi connectivity index (χ0) is 21.5. The Kier molecular flexibility index (Phi) is 6.36. The van der Waals surface area contributed by atoms with E-state index in [-0.39, 0.29) is 17.9 Å². The smallest absolute Gasteiger partial charge is 0.303 e. The van der Waals surface area contributed by atoms with Crippen molar-refractivity contribution in [2.24, 2.45) is 40.4 Å². The number of aliphatic carboxylic acids is 1. The Balaban J connectivity index is 1.49. The first-order valence-corrected chi connectivity index (χ1v) is 12.7. The van der Waals surface area contributed by atoms with Crippen LogP contribution < -0.4 is 0 Å². The fraction of sp³-hybridized carbons (Fsp3) is 0.923. The monoisotopic (exact) mass is 418 g/mol. The van der Waals surface area contributed by atoms with Crippen LogP contribution in [0.25, 0.3) is 0 Å². The maximum Gasteiger partial charge on any atom is 0.303 e. The van der Waals surface area contributed by atoms with Gasteiger partial charge in [0.25, 0.3) is 0 Å². The first kappa shape index (κ1) is 22.3. The summed E-state index contributed by atoms with van der Waals surface area (Å²) in [5.41, 5.74) is 0.403. The molecule has 4 heteroatoms. The van der Waals surface area contributed by atoms with Gasteiger partial charge in [0.05, 0.1) is 6.10 Å². The van der Waals surface area contributed by atoms with Gasteiger partial charge in [0.2, 0.25) is 0 Å². The molecule has 2 N–H and O–H groups in total. The van der Waals surface area contributed by atoms with Gasteiger partial charge < -0.3 is 10.2 Å². The quantitative estimate of drug-likeness (QED) is 0.527. The first-order valence-electron chi connectivity index (χ1n) is 12.7. The average Bonchev–Trinajstić information content (AvgIpc) is 3.00. The fourth-order valence-corrected chi connectivity index (χ4v) is 8.53. The fourth-order valence-electron chi connectivity index (χ4n) is 8.53. The lowest BCUT2D eigenvalue weighted by Crippen LogP contribution is -2.57. The van der Waals surface area contributed by atoms with Gasteiger partial charge in [0, 0.05) is 19.3 Å². The number of carboxylic acids is 1. The van der Waals surface area contributed by atoms with Crippen LogP contribution in [0.1, 0.15) is 104 Å². The molecule has 0 aromatic rings. The van der Waals surface area contributed by atoms with Crippen LogP contribution in [0.5, 0.6) is 0 Å². The molecule has 0 saturated heterocycles. The average molecular weight is 419 g/mol. The van der Waals surface area contributed by atoms with Crippen LogP contribution in [-0.2, 0) is 9.59 Å². The standard InChI is InChI=1S/C26H42O4/c1-25-13-11-19(27)16-18(25)15-17(7-5-3-4-6-8-23(29)30)24-20-9-10-22(28)26(20,2)14-12-21(24)25/h17-18,20-22,24,28H,3-16H2,1-2H3,(H,29,30)/t17-,18+,20+,21+,22+,24?,25+,26+/m1/s1. The van der Waals surface area contributed by atoms with E-state index in [0.29, 0.717) is 40.8 Å². The highest BCUT2D eigenvalue weighted by Gasteiger charge is 2.62. The lowest BCUT2D eigenvalue weighted by Gasteiger charge is -2.62. The van der Waals surface area contributed by atoms with Gasteiger partial charge in [-0.3, -0.25) is 9.59 Å². The minimum absolute atomic E-state index is 0.0919. The van der Waals surface area contributed by atoms with Crippen molar-refractivity contribution in [1.82, 2.24) is 0 Å². The molecule has 8 atom stereocenters. The van der Waals surface area contributed by atoms with Crippen molar-refractivity contribution in [2.45, 2.75) is 110 Å². The Hall–Kier alpha value is -0.900. The number of aliphatic hydroxyl groups is 1. The third kappa shape index (κ3) is 3.87. The highest BCUT2D eigenvalue weighted by atomic mass is 16.4. The van der Waals surface area contributed by atoms with Gasteiger partial charge in [-0.15, -0.1) is 0 Å². The second kappa shape index (κ2) is 8.56. The SMILES string of the molecule is C[C@]12CCC(=O)C[C@@H]1C[C@@H](CCCCCCC(=O)O)C1[C@@H]2CC[C@]2(C)[C@@H](O)CC[C@@H]12. The number of aliphatic hydroxyl groups excluding tert-OH is 1. The van der Waals surface area contributed by atoms with Gasteiger partial charge in [-0.25, -0.2) is 0 Å². The van der Waals surface area contributed by atoms with E-state index in [2.05, 4.69) is 13.8 Å². The number of carboxylic acid groups (broad SMARTS) is 1. The molecule has 1 unspecified atom stereocenters. The van der Waals surface area contributed by atoms with Crippen LogP contribution in [0.2, 0.25) is 0 Å². The van der Waals surface area contributed by atoms with E-state index in [1.807, 2.05) is 0 Å². The molecule has 30 heavy (non-hydrogen) atoms. The molecule has 4 rings (SSSR count). The van der Waals surface area contributed by atoms with Gasteiger partial charge in [-0.1, -0.05) is 39.5 Å². The first-order chi connectivity index (χ1) is 14.3. The zero-order valence-electron chi connectivity index (χ0n) is 19.1. The number of ketones is 1. The summed E-state index contributed by atoms with van der Waals surface area (Å²) in [4.78, 5) is 23.1. The molecule has 0 aromatic carbocycles. The summed E-state index contributed by atoms with van der Waals surface area (Å²) in [5.74, 6) is 3.06. The van der Waals surface area contributed by atoms with E-state index in [4.69, 9.17) is 5.11 Å². The Labute approximate surface area is 182 Å². The summed E-state index contributed by atoms with van der Waals surface area (Å²) in [5, 5.41) is 19.7. The molecule has 4 nitrogen and oxygen atoms in total. The van der Waals surface area contributed by atoms with E-state index < -0.39 is 5.97 Å². The summed E-state index contributed by atoms with van der Waals surface area (Å²) < 4.78 is 0. The molecule has 0 aromatic heterocycles. The highest BCUT2D eigenvalue weighted by molar-refractivity contribution is 5.79. The predicted molar refractivity (Wildman–Crippen MR) is 117 cm³/mol. The Bertz CT molecular complexity index is 659. The van der Waals surface area contributed by atoms with E-state index in [1.165, 1.54) is 32.1 Å². The number of carbonyl (C=O) groups is 2. The van der Waals surface area contributed by atoms with Gasteiger partial charge in [0.15, 0.2) is 0 Å². The van der Waals surface area contributed by atoms with Gasteiger partial charge in [-0.05, 0) is 85.4 Å². The van der Waals surface area contributed by atoms with Crippen molar-refractivity contribution in [2.75, 3.05) is 0 Å². The summed E-state index contributed by atoms with van der Waals surface area (Å²) in [6.07, 6.45) is 13.8. The van der Waals surface area contributed by atoms with E-state index in [1.54, 1.807) is 0 Å². The lowest BCUT2D eigenvalue weighted by molar-refractivity contribution is -0.156. The molecule has 170 valence electrons. The Morgan fingerprint density at radius 3 is 2.50 bits per heavy atom. The number of carbonyl (C=O) groups excluding carboxylic acids is 1. The molecule has 4 saturated carbocycles. The highest BCUT2D eigenvalue weighted by Crippen LogP contribution is 2.67. The molecular formula is C26H42O4. The molecule has 0 radical (unpaired) electrons. The molecule has 0 aliphatic heterocycles. The van der Waals surface area contributed by atoms with Crippen molar-refractivity contribution < 1.29 is 19.8 Å². The van der Waals surface area contributed by atoms with Crippen LogP contribution >= 0.6 is 0 Å². The number of rotatable bonds is 7. The maximum atomic E-state index is 12.3. The van der Waals surface area contributed by atoms with Crippen molar-refractivity contribution in [1.29, 1.82) is 0 Å². The number of unbranched alkanes of at least 4 members (excludes halogenated alkanes) is 3. The Morgan fingerprint density at radius 2 is 1.73 bits per heavy atom. The van der Waals surface area contributed by atoms with Crippen LogP contribution in [0, 0.1) is 40.4 Å². The van der Waals surface area contributed by atoms with Crippen LogP contribution in [-0.4, -0.2) is 28.1 Å². The zero-order valence-corrected chi connectivity index (χ0v) is 19.1. The molecule has 0 bridgehead atoms. The van der Waals surface area contributed by atoms with Gasteiger partial charge >= 0.3 is 5.97 Å². The van der Waals surface area contributed by atoms with Crippen LogP contribution in [0.4, 0.5) is 0 Å². The maximum absolute atomic E-state index is 12.3. The van der Waals surface area contributed by atoms with Gasteiger partial charge in [-0.2, -0.15) is 0 Å². The topological polar surface area (TPSA) is 74.6 Å². The molecule has 0 amide bonds. The largest absolute Gasteiger partial charge is 0.481 e. The minimum Gasteiger partial charge on any atom is -0.481 e. The molecule has 4 aliphatic carbocycles. The third-order valence-electron chi connectivity index (χ3n) is 10.3. The molecule has 0 heterocycles. The van der Waals surface area contributed by atoms with Crippen molar-refractivity contribution >= 4 is 11.8 Å². The number of Topliss-reactive ketones (excluding diaryl/α,β-unsaturated/α-hetero) is 1. The summed E-state index contributed by atoms with van der Waals surface area (Å²) in [7, 11) is 0. The second-order valence-electron chi connectivity index (χ2n) is 11.7. The summed E-state index contributed by atoms with van der Waals surface area (Å²) in [6, 6.07) is 0. The van der Waals surface area contributed by atoms with E-state index >= 15 is 0 Å². The number of hydrogen-bond donors (Lipinski definition) is 2. The van der Waals surface area contributed by atoms with Crippen molar-refractivity contribution in [3.63, 3.8) is 0 Å². The van der Waals surface area contributed by atoms with Gasteiger partial charge in [0.1, 0.15) is 5.78 Å². The Morgan fingerprint density at radius 1 is 1.00 bits per heavy atom. The predicted octanol–water partition coefficient (Wildman–Crippen LogP) is 5.61. The summed E-state index contributed by atoms with van der Waals surface area (Å²) in [6.45, 7) is 4.85. The van der Waals surface area contributed by atoms with Crippen molar-refractivity contribution in [3.05, 3.63) is 0 Å². The molecule has 4 aliphatic rings. The summed E-state index contributed by atoms with van der Waals surface area (Å²) >= 11 is 0.